The summed E-state index contributed by atoms with van der Waals surface area (Å²) < 4.78 is 1.87. The van der Waals surface area contributed by atoms with Crippen molar-refractivity contribution < 1.29 is 9.37 Å². The Morgan fingerprint density at radius 3 is 2.83 bits per heavy atom. The van der Waals surface area contributed by atoms with Crippen LogP contribution >= 0.6 is 0 Å². The van der Waals surface area contributed by atoms with Crippen LogP contribution in [0.1, 0.15) is 35.9 Å². The number of carbonyl (C=O) groups is 1. The van der Waals surface area contributed by atoms with E-state index in [1.807, 2.05) is 36.6 Å². The molecule has 0 N–H and O–H groups in total. The number of hydrogen-bond donors (Lipinski definition) is 0. The first kappa shape index (κ1) is 11.0. The zero-order valence-electron chi connectivity index (χ0n) is 10.2. The summed E-state index contributed by atoms with van der Waals surface area (Å²) >= 11 is 0. The smallest absolute Gasteiger partial charge is 0.247 e. The molecule has 2 aliphatic heterocycles. The van der Waals surface area contributed by atoms with Gasteiger partial charge in [-0.05, 0) is 6.07 Å². The van der Waals surface area contributed by atoms with E-state index >= 15 is 0 Å². The molecular formula is C13H13N4O+. The molecule has 1 amide bonds. The highest BCUT2D eigenvalue weighted by Gasteiger charge is 2.35. The van der Waals surface area contributed by atoms with Crippen LogP contribution in [-0.2, 0) is 0 Å². The zero-order chi connectivity index (χ0) is 12.7. The summed E-state index contributed by atoms with van der Waals surface area (Å²) in [6.07, 6.45) is 1.29. The van der Waals surface area contributed by atoms with Crippen LogP contribution < -0.4 is 0 Å². The number of amides is 1. The Kier molecular flexibility index (Phi) is 2.40. The molecular weight excluding hydrogens is 228 g/mol. The minimum atomic E-state index is -0.256. The third kappa shape index (κ3) is 1.51. The van der Waals surface area contributed by atoms with E-state index in [-0.39, 0.29) is 18.0 Å². The Labute approximate surface area is 105 Å². The van der Waals surface area contributed by atoms with Crippen LogP contribution in [0.3, 0.4) is 0 Å². The van der Waals surface area contributed by atoms with E-state index in [1.54, 1.807) is 12.4 Å². The van der Waals surface area contributed by atoms with Crippen molar-refractivity contribution in [3.05, 3.63) is 35.4 Å². The minimum Gasteiger partial charge on any atom is -0.247 e. The van der Waals surface area contributed by atoms with Crippen molar-refractivity contribution in [3.63, 3.8) is 0 Å². The predicted octanol–water partition coefficient (Wildman–Crippen LogP) is 2.40. The molecule has 0 saturated carbocycles. The summed E-state index contributed by atoms with van der Waals surface area (Å²) in [5.41, 5.74) is 1.46. The van der Waals surface area contributed by atoms with E-state index in [4.69, 9.17) is 0 Å². The number of benzene rings is 1. The molecule has 0 radical (unpaired) electrons. The second-order valence-electron chi connectivity index (χ2n) is 4.65. The predicted molar refractivity (Wildman–Crippen MR) is 67.0 cm³/mol. The molecule has 1 aromatic carbocycles. The van der Waals surface area contributed by atoms with Crippen molar-refractivity contribution in [1.29, 1.82) is 0 Å². The van der Waals surface area contributed by atoms with Crippen LogP contribution in [0.25, 0.3) is 0 Å². The normalized spacial score (nSPS) is 21.3. The molecule has 1 aromatic rings. The van der Waals surface area contributed by atoms with E-state index in [0.29, 0.717) is 5.56 Å². The fourth-order valence-corrected chi connectivity index (χ4v) is 2.20. The van der Waals surface area contributed by atoms with Crippen molar-refractivity contribution in [2.45, 2.75) is 20.0 Å². The summed E-state index contributed by atoms with van der Waals surface area (Å²) in [7, 11) is 0. The van der Waals surface area contributed by atoms with Crippen LogP contribution in [-0.4, -0.2) is 22.7 Å². The lowest BCUT2D eigenvalue weighted by Gasteiger charge is -2.08. The van der Waals surface area contributed by atoms with Crippen LogP contribution in [0.15, 0.2) is 39.5 Å². The molecule has 0 aromatic heterocycles. The van der Waals surface area contributed by atoms with Gasteiger partial charge in [-0.2, -0.15) is 0 Å². The molecule has 0 fully saturated rings. The molecule has 18 heavy (non-hydrogen) atoms. The second-order valence-corrected chi connectivity index (χ2v) is 4.65. The monoisotopic (exact) mass is 241 g/mol. The molecule has 0 bridgehead atoms. The van der Waals surface area contributed by atoms with Gasteiger partial charge < -0.3 is 0 Å². The SMILES string of the molecule is CC(C)C1=[N+]2C=NC(=O)c3ccccc3C2N=N1. The van der Waals surface area contributed by atoms with Crippen LogP contribution in [0.4, 0.5) is 0 Å². The summed E-state index contributed by atoms with van der Waals surface area (Å²) in [4.78, 5) is 15.9. The first-order valence-electron chi connectivity index (χ1n) is 5.92. The molecule has 2 aliphatic rings. The fraction of sp³-hybridized carbons (Fsp3) is 0.308. The van der Waals surface area contributed by atoms with Crippen LogP contribution in [0, 0.1) is 5.92 Å². The van der Waals surface area contributed by atoms with Gasteiger partial charge in [-0.15, -0.1) is 0 Å². The highest BCUT2D eigenvalue weighted by Crippen LogP contribution is 2.29. The lowest BCUT2D eigenvalue weighted by molar-refractivity contribution is -0.445. The average molecular weight is 241 g/mol. The number of fused-ring (bicyclic) bond motifs is 3. The van der Waals surface area contributed by atoms with Gasteiger partial charge in [0, 0.05) is 16.6 Å². The summed E-state index contributed by atoms with van der Waals surface area (Å²) in [5, 5.41) is 8.48. The third-order valence-corrected chi connectivity index (χ3v) is 3.08. The van der Waals surface area contributed by atoms with Gasteiger partial charge in [0.15, 0.2) is 0 Å². The number of hydrogen-bond acceptors (Lipinski definition) is 3. The van der Waals surface area contributed by atoms with Crippen molar-refractivity contribution in [1.82, 2.24) is 0 Å². The van der Waals surface area contributed by atoms with Gasteiger partial charge >= 0.3 is 5.91 Å². The molecule has 3 rings (SSSR count). The van der Waals surface area contributed by atoms with Gasteiger partial charge in [-0.1, -0.05) is 42.2 Å². The Balaban J connectivity index is 2.22. The van der Waals surface area contributed by atoms with Gasteiger partial charge in [0.2, 0.25) is 12.5 Å². The topological polar surface area (TPSA) is 57.2 Å². The highest BCUT2D eigenvalue weighted by molar-refractivity contribution is 6.00. The van der Waals surface area contributed by atoms with Gasteiger partial charge in [0.25, 0.3) is 5.84 Å². The van der Waals surface area contributed by atoms with Gasteiger partial charge in [0.05, 0.1) is 5.56 Å². The molecule has 90 valence electrons. The second kappa shape index (κ2) is 3.94. The van der Waals surface area contributed by atoms with Gasteiger partial charge in [0.1, 0.15) is 0 Å². The van der Waals surface area contributed by atoms with Crippen molar-refractivity contribution >= 4 is 18.1 Å². The molecule has 0 spiro atoms. The van der Waals surface area contributed by atoms with E-state index in [0.717, 1.165) is 11.4 Å². The van der Waals surface area contributed by atoms with Crippen LogP contribution in [0.2, 0.25) is 0 Å². The average Bonchev–Trinajstić information content (AvgIpc) is 2.74. The zero-order valence-corrected chi connectivity index (χ0v) is 10.2. The Hall–Kier alpha value is -2.17. The van der Waals surface area contributed by atoms with E-state index in [9.17, 15) is 4.79 Å². The molecule has 0 saturated heterocycles. The van der Waals surface area contributed by atoms with E-state index in [2.05, 4.69) is 15.2 Å². The molecule has 5 heteroatoms. The maximum absolute atomic E-state index is 11.9. The molecule has 0 aliphatic carbocycles. The number of aliphatic imine (C=N–C) groups is 1. The standard InChI is InChI=1S/C13H13N4O/c1-8(2)11-15-16-12-9-5-3-4-6-10(9)13(18)14-7-17(11)12/h3-8,12H,1-2H3/q+1. The largest absolute Gasteiger partial charge is 0.347 e. The number of carbonyl (C=O) groups excluding carboxylic acids is 1. The first-order chi connectivity index (χ1) is 8.68. The first-order valence-corrected chi connectivity index (χ1v) is 5.92. The minimum absolute atomic E-state index is 0.224. The van der Waals surface area contributed by atoms with Crippen molar-refractivity contribution in [2.24, 2.45) is 21.1 Å². The fourth-order valence-electron chi connectivity index (χ4n) is 2.20. The lowest BCUT2D eigenvalue weighted by atomic mass is 10.0. The number of rotatable bonds is 1. The summed E-state index contributed by atoms with van der Waals surface area (Å²) in [6.45, 7) is 4.09. The molecule has 2 heterocycles. The highest BCUT2D eigenvalue weighted by atomic mass is 16.1. The number of amidine groups is 1. The Morgan fingerprint density at radius 2 is 2.06 bits per heavy atom. The van der Waals surface area contributed by atoms with E-state index < -0.39 is 0 Å². The lowest BCUT2D eigenvalue weighted by Crippen LogP contribution is -2.21. The van der Waals surface area contributed by atoms with Crippen molar-refractivity contribution in [2.75, 3.05) is 0 Å². The molecule has 1 unspecified atom stereocenters. The maximum Gasteiger partial charge on any atom is 0.347 e. The number of nitrogens with zero attached hydrogens (tertiary/aromatic N) is 4. The molecule has 5 nitrogen and oxygen atoms in total. The van der Waals surface area contributed by atoms with Gasteiger partial charge in [-0.3, -0.25) is 0 Å². The summed E-state index contributed by atoms with van der Waals surface area (Å²) in [5.74, 6) is 0.858. The quantitative estimate of drug-likeness (QED) is 0.696. The third-order valence-electron chi connectivity index (χ3n) is 3.08. The van der Waals surface area contributed by atoms with Gasteiger partial charge in [-0.25, -0.2) is 9.37 Å². The van der Waals surface area contributed by atoms with E-state index in [1.165, 1.54) is 0 Å². The molecule has 1 atom stereocenters. The Bertz CT molecular complexity index is 613. The van der Waals surface area contributed by atoms with Crippen molar-refractivity contribution in [3.8, 4) is 0 Å². The summed E-state index contributed by atoms with van der Waals surface area (Å²) in [6, 6.07) is 7.42. The maximum atomic E-state index is 11.9. The van der Waals surface area contributed by atoms with Crippen LogP contribution in [0.5, 0.6) is 0 Å². The Morgan fingerprint density at radius 1 is 1.28 bits per heavy atom. The number of azo groups is 1.